The van der Waals surface area contributed by atoms with Gasteiger partial charge in [0.25, 0.3) is 5.91 Å². The summed E-state index contributed by atoms with van der Waals surface area (Å²) in [6.07, 6.45) is 1.42. The predicted octanol–water partition coefficient (Wildman–Crippen LogP) is 0.922. The Hall–Kier alpha value is -1.75. The van der Waals surface area contributed by atoms with Gasteiger partial charge in [0, 0.05) is 7.11 Å². The number of hydrogen-bond donors (Lipinski definition) is 1. The molecule has 0 spiro atoms. The molecule has 0 unspecified atom stereocenters. The van der Waals surface area contributed by atoms with E-state index < -0.39 is 0 Å². The van der Waals surface area contributed by atoms with Gasteiger partial charge in [-0.2, -0.15) is 5.10 Å². The van der Waals surface area contributed by atoms with Crippen LogP contribution in [-0.4, -0.2) is 25.8 Å². The van der Waals surface area contributed by atoms with E-state index in [2.05, 4.69) is 15.3 Å². The molecule has 0 saturated heterocycles. The van der Waals surface area contributed by atoms with Crippen molar-refractivity contribution in [3.63, 3.8) is 0 Å². The standard InChI is InChI=1S/C10H11FN2O2/c1-15-7-10(14)13-12-6-8-2-4-9(11)5-3-8/h2-6H,7H2,1H3,(H,13,14)/b12-6+. The summed E-state index contributed by atoms with van der Waals surface area (Å²) in [5.41, 5.74) is 2.96. The normalized spacial score (nSPS) is 10.5. The quantitative estimate of drug-likeness (QED) is 0.593. The molecule has 0 fully saturated rings. The fourth-order valence-electron chi connectivity index (χ4n) is 0.891. The molecule has 5 heteroatoms. The van der Waals surface area contributed by atoms with Crippen molar-refractivity contribution in [2.75, 3.05) is 13.7 Å². The van der Waals surface area contributed by atoms with Gasteiger partial charge in [-0.1, -0.05) is 12.1 Å². The van der Waals surface area contributed by atoms with E-state index in [1.807, 2.05) is 0 Å². The van der Waals surface area contributed by atoms with Crippen molar-refractivity contribution in [2.24, 2.45) is 5.10 Å². The Kier molecular flexibility index (Phi) is 4.43. The summed E-state index contributed by atoms with van der Waals surface area (Å²) >= 11 is 0. The molecule has 80 valence electrons. The topological polar surface area (TPSA) is 50.7 Å². The molecule has 0 heterocycles. The molecule has 0 radical (unpaired) electrons. The fourth-order valence-corrected chi connectivity index (χ4v) is 0.891. The number of amides is 1. The van der Waals surface area contributed by atoms with Crippen LogP contribution in [0.15, 0.2) is 29.4 Å². The van der Waals surface area contributed by atoms with Crippen LogP contribution in [0.5, 0.6) is 0 Å². The van der Waals surface area contributed by atoms with E-state index in [-0.39, 0.29) is 18.3 Å². The van der Waals surface area contributed by atoms with Gasteiger partial charge in [-0.15, -0.1) is 0 Å². The first kappa shape index (κ1) is 11.3. The van der Waals surface area contributed by atoms with E-state index in [0.717, 1.165) is 0 Å². The summed E-state index contributed by atoms with van der Waals surface area (Å²) < 4.78 is 17.1. The lowest BCUT2D eigenvalue weighted by Crippen LogP contribution is -2.22. The number of carbonyl (C=O) groups excluding carboxylic acids is 1. The zero-order chi connectivity index (χ0) is 11.1. The Morgan fingerprint density at radius 3 is 2.80 bits per heavy atom. The van der Waals surface area contributed by atoms with E-state index >= 15 is 0 Å². The van der Waals surface area contributed by atoms with E-state index in [1.165, 1.54) is 25.5 Å². The second-order valence-corrected chi connectivity index (χ2v) is 2.78. The zero-order valence-corrected chi connectivity index (χ0v) is 8.24. The lowest BCUT2D eigenvalue weighted by atomic mass is 10.2. The van der Waals surface area contributed by atoms with Gasteiger partial charge in [0.2, 0.25) is 0 Å². The summed E-state index contributed by atoms with van der Waals surface area (Å²) in [5, 5.41) is 3.66. The molecule has 1 aromatic rings. The molecule has 15 heavy (non-hydrogen) atoms. The Labute approximate surface area is 86.7 Å². The lowest BCUT2D eigenvalue weighted by molar-refractivity contribution is -0.124. The van der Waals surface area contributed by atoms with Gasteiger partial charge in [0.05, 0.1) is 6.21 Å². The second kappa shape index (κ2) is 5.87. The molecule has 1 rings (SSSR count). The number of benzene rings is 1. The first-order chi connectivity index (χ1) is 7.22. The molecule has 0 aliphatic heterocycles. The van der Waals surface area contributed by atoms with Crippen molar-refractivity contribution in [3.05, 3.63) is 35.6 Å². The van der Waals surface area contributed by atoms with Gasteiger partial charge in [-0.05, 0) is 17.7 Å². The molecule has 1 N–H and O–H groups in total. The molecule has 4 nitrogen and oxygen atoms in total. The smallest absolute Gasteiger partial charge is 0.266 e. The SMILES string of the molecule is COCC(=O)N/N=C/c1ccc(F)cc1. The van der Waals surface area contributed by atoms with E-state index in [4.69, 9.17) is 0 Å². The van der Waals surface area contributed by atoms with Crippen molar-refractivity contribution in [3.8, 4) is 0 Å². The Morgan fingerprint density at radius 2 is 2.20 bits per heavy atom. The van der Waals surface area contributed by atoms with Gasteiger partial charge in [0.15, 0.2) is 0 Å². The first-order valence-corrected chi connectivity index (χ1v) is 4.29. The number of halogens is 1. The van der Waals surface area contributed by atoms with Gasteiger partial charge in [-0.25, -0.2) is 9.82 Å². The van der Waals surface area contributed by atoms with Crippen LogP contribution < -0.4 is 5.43 Å². The predicted molar refractivity (Wildman–Crippen MR) is 54.0 cm³/mol. The van der Waals surface area contributed by atoms with Gasteiger partial charge in [-0.3, -0.25) is 4.79 Å². The molecule has 0 aliphatic rings. The first-order valence-electron chi connectivity index (χ1n) is 4.29. The average Bonchev–Trinajstić information content (AvgIpc) is 2.21. The molecular formula is C10H11FN2O2. The summed E-state index contributed by atoms with van der Waals surface area (Å²) in [6.45, 7) is -0.0409. The molecule has 0 saturated carbocycles. The molecular weight excluding hydrogens is 199 g/mol. The van der Waals surface area contributed by atoms with Gasteiger partial charge in [0.1, 0.15) is 12.4 Å². The maximum atomic E-state index is 12.5. The zero-order valence-electron chi connectivity index (χ0n) is 8.24. The highest BCUT2D eigenvalue weighted by molar-refractivity contribution is 5.82. The van der Waals surface area contributed by atoms with E-state index in [9.17, 15) is 9.18 Å². The largest absolute Gasteiger partial charge is 0.375 e. The van der Waals surface area contributed by atoms with Crippen LogP contribution in [0.3, 0.4) is 0 Å². The van der Waals surface area contributed by atoms with Crippen LogP contribution in [0.4, 0.5) is 4.39 Å². The number of hydrogen-bond acceptors (Lipinski definition) is 3. The Balaban J connectivity index is 2.44. The number of methoxy groups -OCH3 is 1. The number of ether oxygens (including phenoxy) is 1. The number of carbonyl (C=O) groups is 1. The average molecular weight is 210 g/mol. The third kappa shape index (κ3) is 4.33. The lowest BCUT2D eigenvalue weighted by Gasteiger charge is -1.96. The molecule has 0 bridgehead atoms. The van der Waals surface area contributed by atoms with E-state index in [0.29, 0.717) is 5.56 Å². The van der Waals surface area contributed by atoms with Crippen molar-refractivity contribution in [2.45, 2.75) is 0 Å². The van der Waals surface area contributed by atoms with Gasteiger partial charge >= 0.3 is 0 Å². The fraction of sp³-hybridized carbons (Fsp3) is 0.200. The second-order valence-electron chi connectivity index (χ2n) is 2.78. The monoisotopic (exact) mass is 210 g/mol. The summed E-state index contributed by atoms with van der Waals surface area (Å²) in [7, 11) is 1.42. The van der Waals surface area contributed by atoms with Crippen molar-refractivity contribution < 1.29 is 13.9 Å². The highest BCUT2D eigenvalue weighted by Crippen LogP contribution is 1.99. The Morgan fingerprint density at radius 1 is 1.53 bits per heavy atom. The highest BCUT2D eigenvalue weighted by Gasteiger charge is 1.95. The van der Waals surface area contributed by atoms with Crippen molar-refractivity contribution in [1.29, 1.82) is 0 Å². The minimum Gasteiger partial charge on any atom is -0.375 e. The van der Waals surface area contributed by atoms with Crippen molar-refractivity contribution in [1.82, 2.24) is 5.43 Å². The Bertz CT molecular complexity index is 349. The molecule has 1 aromatic carbocycles. The van der Waals surface area contributed by atoms with Crippen LogP contribution in [-0.2, 0) is 9.53 Å². The summed E-state index contributed by atoms with van der Waals surface area (Å²) in [5.74, 6) is -0.647. The number of nitrogens with zero attached hydrogens (tertiary/aromatic N) is 1. The van der Waals surface area contributed by atoms with Crippen LogP contribution in [0.2, 0.25) is 0 Å². The maximum absolute atomic E-state index is 12.5. The van der Waals surface area contributed by atoms with Crippen LogP contribution >= 0.6 is 0 Å². The van der Waals surface area contributed by atoms with Gasteiger partial charge < -0.3 is 4.74 Å². The third-order valence-electron chi connectivity index (χ3n) is 1.55. The molecule has 0 atom stereocenters. The summed E-state index contributed by atoms with van der Waals surface area (Å²) in [6, 6.07) is 5.75. The number of nitrogens with one attached hydrogen (secondary N) is 1. The molecule has 0 aromatic heterocycles. The maximum Gasteiger partial charge on any atom is 0.266 e. The third-order valence-corrected chi connectivity index (χ3v) is 1.55. The number of rotatable bonds is 4. The molecule has 0 aliphatic carbocycles. The van der Waals surface area contributed by atoms with Crippen molar-refractivity contribution >= 4 is 12.1 Å². The minimum absolute atomic E-state index is 0.0409. The van der Waals surface area contributed by atoms with Crippen LogP contribution in [0.25, 0.3) is 0 Å². The van der Waals surface area contributed by atoms with E-state index in [1.54, 1.807) is 12.1 Å². The number of hydrazone groups is 1. The van der Waals surface area contributed by atoms with Crippen LogP contribution in [0, 0.1) is 5.82 Å². The highest BCUT2D eigenvalue weighted by atomic mass is 19.1. The van der Waals surface area contributed by atoms with Crippen LogP contribution in [0.1, 0.15) is 5.56 Å². The minimum atomic E-state index is -0.337. The summed E-state index contributed by atoms with van der Waals surface area (Å²) in [4.78, 5) is 10.9. The molecule has 1 amide bonds.